The van der Waals surface area contributed by atoms with Gasteiger partial charge in [-0.25, -0.2) is 0 Å². The first kappa shape index (κ1) is 23.4. The number of aliphatic hydroxyl groups is 3. The van der Waals surface area contributed by atoms with Crippen molar-refractivity contribution in [3.8, 4) is 0 Å². The fourth-order valence-electron chi connectivity index (χ4n) is 2.98. The van der Waals surface area contributed by atoms with E-state index in [1.165, 1.54) is 57.8 Å². The third-order valence-corrected chi connectivity index (χ3v) is 4.64. The predicted molar refractivity (Wildman–Crippen MR) is 97.8 cm³/mol. The molecule has 0 aromatic heterocycles. The van der Waals surface area contributed by atoms with Crippen molar-refractivity contribution in [1.29, 1.82) is 0 Å². The molecule has 0 heterocycles. The van der Waals surface area contributed by atoms with Crippen molar-refractivity contribution in [3.05, 3.63) is 0 Å². The van der Waals surface area contributed by atoms with Crippen LogP contribution in [0.1, 0.15) is 90.4 Å². The highest BCUT2D eigenvalue weighted by Gasteiger charge is 2.24. The molecule has 0 unspecified atom stereocenters. The van der Waals surface area contributed by atoms with Crippen LogP contribution >= 0.6 is 0 Å². The number of hydrogen-bond acceptors (Lipinski definition) is 4. The minimum atomic E-state index is -1.12. The Morgan fingerprint density at radius 2 is 1.29 bits per heavy atom. The fraction of sp³-hybridized carbons (Fsp3) is 0.947. The molecule has 0 rings (SSSR count). The van der Waals surface area contributed by atoms with Crippen molar-refractivity contribution in [1.82, 2.24) is 5.32 Å². The minimum Gasteiger partial charge on any atom is -0.394 e. The second-order valence-electron chi connectivity index (χ2n) is 6.81. The molecule has 0 fully saturated rings. The van der Waals surface area contributed by atoms with Crippen LogP contribution in [-0.2, 0) is 4.79 Å². The smallest absolute Gasteiger partial charge is 0.207 e. The van der Waals surface area contributed by atoms with E-state index >= 15 is 0 Å². The summed E-state index contributed by atoms with van der Waals surface area (Å²) in [5.74, 6) is 0. The molecule has 144 valence electrons. The zero-order valence-corrected chi connectivity index (χ0v) is 15.5. The second-order valence-corrected chi connectivity index (χ2v) is 6.81. The van der Waals surface area contributed by atoms with E-state index in [1.807, 2.05) is 0 Å². The van der Waals surface area contributed by atoms with E-state index < -0.39 is 18.2 Å². The van der Waals surface area contributed by atoms with Crippen LogP contribution in [0.3, 0.4) is 0 Å². The largest absolute Gasteiger partial charge is 0.394 e. The van der Waals surface area contributed by atoms with E-state index in [2.05, 4.69) is 12.2 Å². The van der Waals surface area contributed by atoms with E-state index in [-0.39, 0.29) is 6.61 Å². The lowest BCUT2D eigenvalue weighted by Crippen LogP contribution is -2.48. The van der Waals surface area contributed by atoms with Crippen LogP contribution in [-0.4, -0.2) is 46.6 Å². The molecule has 0 aromatic rings. The molecule has 1 amide bonds. The Hall–Kier alpha value is -0.650. The van der Waals surface area contributed by atoms with Gasteiger partial charge in [0.15, 0.2) is 0 Å². The molecule has 3 atom stereocenters. The Morgan fingerprint density at radius 3 is 1.71 bits per heavy atom. The summed E-state index contributed by atoms with van der Waals surface area (Å²) in [6, 6.07) is -0.796. The molecule has 0 aliphatic heterocycles. The van der Waals surface area contributed by atoms with Gasteiger partial charge in [0, 0.05) is 0 Å². The van der Waals surface area contributed by atoms with Crippen LogP contribution in [0.4, 0.5) is 0 Å². The first-order valence-electron chi connectivity index (χ1n) is 9.84. The molecule has 4 N–H and O–H groups in total. The van der Waals surface area contributed by atoms with Gasteiger partial charge in [0.1, 0.15) is 6.10 Å². The molecule has 5 heteroatoms. The monoisotopic (exact) mass is 345 g/mol. The quantitative estimate of drug-likeness (QED) is 0.227. The first-order valence-corrected chi connectivity index (χ1v) is 9.84. The van der Waals surface area contributed by atoms with E-state index in [9.17, 15) is 15.0 Å². The molecule has 5 nitrogen and oxygen atoms in total. The van der Waals surface area contributed by atoms with Gasteiger partial charge in [0.05, 0.1) is 18.8 Å². The number of hydrogen-bond donors (Lipinski definition) is 4. The van der Waals surface area contributed by atoms with E-state index in [0.717, 1.165) is 19.3 Å². The Balaban J connectivity index is 3.44. The summed E-state index contributed by atoms with van der Waals surface area (Å²) in [7, 11) is 0. The van der Waals surface area contributed by atoms with Crippen molar-refractivity contribution in [2.45, 2.75) is 109 Å². The van der Waals surface area contributed by atoms with Crippen molar-refractivity contribution in [2.75, 3.05) is 6.61 Å². The first-order chi connectivity index (χ1) is 11.7. The number of carbonyl (C=O) groups excluding carboxylic acids is 1. The molecule has 0 aromatic carbocycles. The van der Waals surface area contributed by atoms with Gasteiger partial charge >= 0.3 is 0 Å². The maximum atomic E-state index is 10.4. The Bertz CT molecular complexity index is 276. The SMILES string of the molecule is CCCCCCCCCCCCCC[C@@H](O)[C@@H](O)[C@H](CO)NC=O. The third kappa shape index (κ3) is 12.7. The van der Waals surface area contributed by atoms with Crippen molar-refractivity contribution >= 4 is 6.41 Å². The molecule has 0 bridgehead atoms. The van der Waals surface area contributed by atoms with Gasteiger partial charge < -0.3 is 20.6 Å². The highest BCUT2D eigenvalue weighted by Crippen LogP contribution is 2.14. The zero-order valence-electron chi connectivity index (χ0n) is 15.5. The maximum Gasteiger partial charge on any atom is 0.207 e. The summed E-state index contributed by atoms with van der Waals surface area (Å²) in [6.45, 7) is 1.86. The lowest BCUT2D eigenvalue weighted by atomic mass is 9.99. The molecule has 0 aliphatic carbocycles. The van der Waals surface area contributed by atoms with Crippen molar-refractivity contribution in [3.63, 3.8) is 0 Å². The Morgan fingerprint density at radius 1 is 0.833 bits per heavy atom. The van der Waals surface area contributed by atoms with Gasteiger partial charge in [0.25, 0.3) is 0 Å². The Labute approximate surface area is 147 Å². The van der Waals surface area contributed by atoms with Gasteiger partial charge in [-0.1, -0.05) is 84.0 Å². The minimum absolute atomic E-state index is 0.380. The van der Waals surface area contributed by atoms with E-state index in [0.29, 0.717) is 12.8 Å². The van der Waals surface area contributed by atoms with Crippen LogP contribution in [0.2, 0.25) is 0 Å². The van der Waals surface area contributed by atoms with Gasteiger partial charge in [-0.2, -0.15) is 0 Å². The summed E-state index contributed by atoms with van der Waals surface area (Å²) in [5.41, 5.74) is 0. The average molecular weight is 346 g/mol. The highest BCUT2D eigenvalue weighted by atomic mass is 16.3. The Kier molecular flexibility index (Phi) is 16.7. The maximum absolute atomic E-state index is 10.4. The lowest BCUT2D eigenvalue weighted by molar-refractivity contribution is -0.112. The number of aliphatic hydroxyl groups excluding tert-OH is 3. The summed E-state index contributed by atoms with van der Waals surface area (Å²) in [6.07, 6.45) is 14.0. The van der Waals surface area contributed by atoms with Crippen LogP contribution in [0, 0.1) is 0 Å². The van der Waals surface area contributed by atoms with Gasteiger partial charge in [0.2, 0.25) is 6.41 Å². The van der Waals surface area contributed by atoms with Crippen LogP contribution < -0.4 is 5.32 Å². The van der Waals surface area contributed by atoms with Crippen LogP contribution in [0.5, 0.6) is 0 Å². The summed E-state index contributed by atoms with van der Waals surface area (Å²) < 4.78 is 0. The summed E-state index contributed by atoms with van der Waals surface area (Å²) >= 11 is 0. The molecule has 0 radical (unpaired) electrons. The van der Waals surface area contributed by atoms with Gasteiger partial charge in [-0.15, -0.1) is 0 Å². The van der Waals surface area contributed by atoms with Gasteiger partial charge in [-0.3, -0.25) is 4.79 Å². The molecule has 0 saturated heterocycles. The number of carbonyl (C=O) groups is 1. The van der Waals surface area contributed by atoms with Crippen molar-refractivity contribution < 1.29 is 20.1 Å². The molecular formula is C19H39NO4. The zero-order chi connectivity index (χ0) is 18.0. The number of amides is 1. The van der Waals surface area contributed by atoms with E-state index in [1.54, 1.807) is 0 Å². The predicted octanol–water partition coefficient (Wildman–Crippen LogP) is 2.91. The lowest BCUT2D eigenvalue weighted by Gasteiger charge is -2.24. The summed E-state index contributed by atoms with van der Waals surface area (Å²) in [5, 5.41) is 31.1. The number of unbranched alkanes of at least 4 members (excludes halogenated alkanes) is 11. The normalized spacial score (nSPS) is 15.0. The highest BCUT2D eigenvalue weighted by molar-refractivity contribution is 5.46. The molecule has 0 saturated carbocycles. The molecule has 0 aliphatic rings. The number of rotatable bonds is 18. The summed E-state index contributed by atoms with van der Waals surface area (Å²) in [4.78, 5) is 10.4. The molecular weight excluding hydrogens is 306 g/mol. The third-order valence-electron chi connectivity index (χ3n) is 4.64. The fourth-order valence-corrected chi connectivity index (χ4v) is 2.98. The van der Waals surface area contributed by atoms with E-state index in [4.69, 9.17) is 5.11 Å². The molecule has 24 heavy (non-hydrogen) atoms. The van der Waals surface area contributed by atoms with Crippen LogP contribution in [0.15, 0.2) is 0 Å². The average Bonchev–Trinajstić information content (AvgIpc) is 2.59. The topological polar surface area (TPSA) is 89.8 Å². The molecule has 0 spiro atoms. The second kappa shape index (κ2) is 17.2. The van der Waals surface area contributed by atoms with Crippen molar-refractivity contribution in [2.24, 2.45) is 0 Å². The standard InChI is InChI=1S/C19H39NO4/c1-2-3-4-5-6-7-8-9-10-11-12-13-14-18(23)19(24)17(15-21)20-16-22/h16-19,21,23-24H,2-15H2,1H3,(H,20,22)/t17-,18+,19-/m0/s1. The van der Waals surface area contributed by atoms with Gasteiger partial charge in [-0.05, 0) is 6.42 Å². The number of nitrogens with one attached hydrogen (secondary N) is 1. The van der Waals surface area contributed by atoms with Crippen LogP contribution in [0.25, 0.3) is 0 Å².